The molecule has 0 rings (SSSR count). The molecule has 0 bridgehead atoms. The summed E-state index contributed by atoms with van der Waals surface area (Å²) >= 11 is 0. The molecule has 0 amide bonds. The van der Waals surface area contributed by atoms with Crippen molar-refractivity contribution in [1.29, 1.82) is 0 Å². The predicted molar refractivity (Wildman–Crippen MR) is 160 cm³/mol. The highest BCUT2D eigenvalue weighted by atomic mass is 15.3. The minimum Gasteiger partial charge on any atom is -0.372 e. The summed E-state index contributed by atoms with van der Waals surface area (Å²) in [6, 6.07) is 0. The van der Waals surface area contributed by atoms with Gasteiger partial charge in [-0.2, -0.15) is 0 Å². The Labute approximate surface area is 223 Å². The molecule has 0 aromatic heterocycles. The van der Waals surface area contributed by atoms with E-state index in [1.54, 1.807) is 11.5 Å². The Morgan fingerprint density at radius 3 is 1.14 bits per heavy atom. The quantitative estimate of drug-likeness (QED) is 0.111. The zero-order valence-electron chi connectivity index (χ0n) is 25.6. The topological polar surface area (TPSA) is 9.72 Å². The lowest BCUT2D eigenvalue weighted by Gasteiger charge is -2.41. The minimum atomic E-state index is 1.19. The van der Waals surface area contributed by atoms with E-state index in [1.807, 2.05) is 0 Å². The molecular formula is C32H67N3. The van der Waals surface area contributed by atoms with Crippen LogP contribution in [0.25, 0.3) is 0 Å². The fraction of sp³-hybridized carbons (Fsp3) is 0.938. The first-order valence-corrected chi connectivity index (χ1v) is 16.1. The molecule has 210 valence electrons. The van der Waals surface area contributed by atoms with E-state index >= 15 is 0 Å². The number of allylic oxidation sites excluding steroid dienone is 1. The second-order valence-corrected chi connectivity index (χ2v) is 10.7. The smallest absolute Gasteiger partial charge is 0.124 e. The third-order valence-electron chi connectivity index (χ3n) is 7.08. The molecule has 0 atom stereocenters. The van der Waals surface area contributed by atoms with Gasteiger partial charge in [0.15, 0.2) is 0 Å². The van der Waals surface area contributed by atoms with E-state index in [2.05, 4.69) is 63.2 Å². The van der Waals surface area contributed by atoms with E-state index in [9.17, 15) is 0 Å². The first-order chi connectivity index (χ1) is 17.1. The van der Waals surface area contributed by atoms with E-state index in [4.69, 9.17) is 0 Å². The van der Waals surface area contributed by atoms with Crippen molar-refractivity contribution in [3.8, 4) is 0 Å². The van der Waals surface area contributed by atoms with Crippen molar-refractivity contribution < 1.29 is 0 Å². The van der Waals surface area contributed by atoms with Gasteiger partial charge in [-0.3, -0.25) is 0 Å². The van der Waals surface area contributed by atoms with Gasteiger partial charge in [0.05, 0.1) is 5.70 Å². The van der Waals surface area contributed by atoms with Gasteiger partial charge in [0.25, 0.3) is 0 Å². The number of rotatable bonds is 26. The van der Waals surface area contributed by atoms with Crippen LogP contribution in [0, 0.1) is 0 Å². The van der Waals surface area contributed by atoms with Crippen molar-refractivity contribution in [2.75, 3.05) is 39.3 Å². The minimum absolute atomic E-state index is 1.19. The summed E-state index contributed by atoms with van der Waals surface area (Å²) in [6.45, 7) is 23.7. The first-order valence-electron chi connectivity index (χ1n) is 16.1. The van der Waals surface area contributed by atoms with Crippen molar-refractivity contribution in [2.24, 2.45) is 0 Å². The molecule has 0 saturated carbocycles. The van der Waals surface area contributed by atoms with Crippen LogP contribution in [0.1, 0.15) is 158 Å². The molecule has 0 aliphatic carbocycles. The number of hydrogen-bond donors (Lipinski definition) is 0. The van der Waals surface area contributed by atoms with Crippen LogP contribution in [0.2, 0.25) is 0 Å². The van der Waals surface area contributed by atoms with Crippen molar-refractivity contribution >= 4 is 0 Å². The molecule has 3 nitrogen and oxygen atoms in total. The molecule has 0 radical (unpaired) electrons. The molecular weight excluding hydrogens is 426 g/mol. The summed E-state index contributed by atoms with van der Waals surface area (Å²) in [5.74, 6) is 1.62. The molecule has 3 heteroatoms. The zero-order chi connectivity index (χ0) is 26.2. The summed E-state index contributed by atoms with van der Waals surface area (Å²) < 4.78 is 0. The summed E-state index contributed by atoms with van der Waals surface area (Å²) in [5.41, 5.74) is 1.68. The lowest BCUT2D eigenvalue weighted by Crippen LogP contribution is -2.42. The van der Waals surface area contributed by atoms with Gasteiger partial charge in [-0.15, -0.1) is 0 Å². The summed E-state index contributed by atoms with van der Waals surface area (Å²) in [5, 5.41) is 0. The van der Waals surface area contributed by atoms with E-state index in [0.29, 0.717) is 0 Å². The Morgan fingerprint density at radius 2 is 0.714 bits per heavy atom. The molecule has 0 aliphatic heterocycles. The van der Waals surface area contributed by atoms with E-state index in [0.717, 1.165) is 0 Å². The predicted octanol–water partition coefficient (Wildman–Crippen LogP) is 9.83. The molecule has 0 aromatic carbocycles. The van der Waals surface area contributed by atoms with Crippen LogP contribution < -0.4 is 0 Å². The van der Waals surface area contributed by atoms with Crippen molar-refractivity contribution in [3.05, 3.63) is 11.5 Å². The number of unbranched alkanes of at least 4 members (excludes halogenated alkanes) is 9. The Balaban J connectivity index is 6.24. The highest BCUT2D eigenvalue weighted by molar-refractivity contribution is 5.13. The second-order valence-electron chi connectivity index (χ2n) is 10.7. The zero-order valence-corrected chi connectivity index (χ0v) is 25.6. The molecule has 0 fully saturated rings. The second kappa shape index (κ2) is 24.8. The van der Waals surface area contributed by atoms with Crippen LogP contribution in [-0.4, -0.2) is 54.0 Å². The van der Waals surface area contributed by atoms with E-state index in [-0.39, 0.29) is 0 Å². The number of hydrogen-bond acceptors (Lipinski definition) is 3. The van der Waals surface area contributed by atoms with Gasteiger partial charge in [0.2, 0.25) is 0 Å². The van der Waals surface area contributed by atoms with Gasteiger partial charge in [-0.05, 0) is 51.4 Å². The van der Waals surface area contributed by atoms with Crippen LogP contribution >= 0.6 is 0 Å². The highest BCUT2D eigenvalue weighted by Gasteiger charge is 2.24. The van der Waals surface area contributed by atoms with Gasteiger partial charge < -0.3 is 14.7 Å². The van der Waals surface area contributed by atoms with Crippen molar-refractivity contribution in [3.63, 3.8) is 0 Å². The molecule has 0 saturated heterocycles. The van der Waals surface area contributed by atoms with Crippen LogP contribution in [0.4, 0.5) is 0 Å². The third-order valence-corrected chi connectivity index (χ3v) is 7.08. The summed E-state index contributed by atoms with van der Waals surface area (Å²) in [4.78, 5) is 8.43. The molecule has 0 spiro atoms. The van der Waals surface area contributed by atoms with Gasteiger partial charge >= 0.3 is 0 Å². The average molecular weight is 494 g/mol. The molecule has 0 unspecified atom stereocenters. The summed E-state index contributed by atoms with van der Waals surface area (Å²) in [6.07, 6.45) is 22.4. The molecule has 0 heterocycles. The Hall–Kier alpha value is -0.860. The average Bonchev–Trinajstić information content (AvgIpc) is 2.86. The van der Waals surface area contributed by atoms with Crippen LogP contribution in [0.15, 0.2) is 11.5 Å². The highest BCUT2D eigenvalue weighted by Crippen LogP contribution is 2.27. The van der Waals surface area contributed by atoms with Crippen LogP contribution in [0.5, 0.6) is 0 Å². The number of nitrogens with zero attached hydrogens (tertiary/aromatic N) is 3. The molecule has 35 heavy (non-hydrogen) atoms. The van der Waals surface area contributed by atoms with Crippen molar-refractivity contribution in [1.82, 2.24) is 14.7 Å². The van der Waals surface area contributed by atoms with Gasteiger partial charge in [0.1, 0.15) is 5.82 Å². The largest absolute Gasteiger partial charge is 0.372 e. The maximum Gasteiger partial charge on any atom is 0.124 e. The Morgan fingerprint density at radius 1 is 0.343 bits per heavy atom. The maximum atomic E-state index is 2.82. The molecule has 0 aliphatic rings. The fourth-order valence-electron chi connectivity index (χ4n) is 5.11. The van der Waals surface area contributed by atoms with E-state index in [1.165, 1.54) is 148 Å². The Kier molecular flexibility index (Phi) is 24.2. The lowest BCUT2D eigenvalue weighted by atomic mass is 10.1. The SMILES string of the molecule is CCCCCCCCCC(=C(N(CCC)CCCC)N(CCC)CCCC)N(CCC)CCCC. The Bertz CT molecular complexity index is 453. The monoisotopic (exact) mass is 494 g/mol. The maximum absolute atomic E-state index is 2.82. The van der Waals surface area contributed by atoms with Crippen molar-refractivity contribution in [2.45, 2.75) is 158 Å². The van der Waals surface area contributed by atoms with Crippen LogP contribution in [-0.2, 0) is 0 Å². The van der Waals surface area contributed by atoms with Gasteiger partial charge in [-0.25, -0.2) is 0 Å². The van der Waals surface area contributed by atoms with Gasteiger partial charge in [0, 0.05) is 39.3 Å². The van der Waals surface area contributed by atoms with Crippen LogP contribution in [0.3, 0.4) is 0 Å². The first kappa shape index (κ1) is 34.1. The normalized spacial score (nSPS) is 11.1. The summed E-state index contributed by atoms with van der Waals surface area (Å²) in [7, 11) is 0. The molecule has 0 aromatic rings. The third kappa shape index (κ3) is 15.8. The standard InChI is InChI=1S/C32H67N3/c1-8-15-19-20-21-22-23-24-31(33(25-12-5)28-16-9-2)32(34(26-13-6)29-17-10-3)35(27-14-7)30-18-11-4/h8-30H2,1-7H3. The van der Waals surface area contributed by atoms with E-state index < -0.39 is 0 Å². The fourth-order valence-corrected chi connectivity index (χ4v) is 5.11. The van der Waals surface area contributed by atoms with Gasteiger partial charge in [-0.1, -0.05) is 106 Å². The lowest BCUT2D eigenvalue weighted by molar-refractivity contribution is 0.179. The molecule has 0 N–H and O–H groups in total.